The van der Waals surface area contributed by atoms with Crippen molar-refractivity contribution < 1.29 is 9.53 Å². The second-order valence-corrected chi connectivity index (χ2v) is 9.17. The summed E-state index contributed by atoms with van der Waals surface area (Å²) < 4.78 is 9.24. The summed E-state index contributed by atoms with van der Waals surface area (Å²) >= 11 is 0. The number of imidazole rings is 1. The van der Waals surface area contributed by atoms with Crippen LogP contribution in [0.15, 0.2) is 91.4 Å². The van der Waals surface area contributed by atoms with Gasteiger partial charge < -0.3 is 14.0 Å². The fourth-order valence-electron chi connectivity index (χ4n) is 4.80. The minimum atomic E-state index is -0.00705. The SMILES string of the molecule is COc1cccc(-c2nn(-c3ccccc3)cc2C(=O)N2CCN(Cc3cn4ccccc4n3)CC2)c1. The van der Waals surface area contributed by atoms with Crippen molar-refractivity contribution in [3.8, 4) is 22.7 Å². The molecule has 186 valence electrons. The predicted octanol–water partition coefficient (Wildman–Crippen LogP) is 4.15. The summed E-state index contributed by atoms with van der Waals surface area (Å²) in [6.07, 6.45) is 5.93. The average molecular weight is 493 g/mol. The van der Waals surface area contributed by atoms with E-state index >= 15 is 0 Å². The summed E-state index contributed by atoms with van der Waals surface area (Å²) in [6.45, 7) is 3.66. The maximum absolute atomic E-state index is 13.8. The van der Waals surface area contributed by atoms with E-state index in [0.717, 1.165) is 48.0 Å². The molecule has 0 spiro atoms. The number of carbonyl (C=O) groups excluding carboxylic acids is 1. The summed E-state index contributed by atoms with van der Waals surface area (Å²) in [4.78, 5) is 22.8. The van der Waals surface area contributed by atoms with Gasteiger partial charge in [0, 0.05) is 56.9 Å². The number of para-hydroxylation sites is 1. The number of amides is 1. The summed E-state index contributed by atoms with van der Waals surface area (Å²) in [5, 5.41) is 4.83. The van der Waals surface area contributed by atoms with E-state index in [1.54, 1.807) is 11.8 Å². The summed E-state index contributed by atoms with van der Waals surface area (Å²) in [5.41, 5.74) is 4.99. The fourth-order valence-corrected chi connectivity index (χ4v) is 4.80. The molecule has 1 aliphatic heterocycles. The first-order valence-corrected chi connectivity index (χ1v) is 12.4. The van der Waals surface area contributed by atoms with Crippen LogP contribution in [0.2, 0.25) is 0 Å². The molecule has 1 amide bonds. The number of piperazine rings is 1. The number of ether oxygens (including phenoxy) is 1. The molecule has 0 N–H and O–H groups in total. The van der Waals surface area contributed by atoms with Crippen molar-refractivity contribution in [1.82, 2.24) is 29.0 Å². The van der Waals surface area contributed by atoms with Crippen LogP contribution in [0, 0.1) is 0 Å². The minimum Gasteiger partial charge on any atom is -0.497 e. The van der Waals surface area contributed by atoms with Crippen LogP contribution in [0.3, 0.4) is 0 Å². The standard InChI is InChI=1S/C29H28N6O2/c1-37-25-11-7-8-22(18-25)28-26(21-35(31-28)24-9-3-2-4-10-24)29(36)33-16-14-32(15-17-33)19-23-20-34-13-6-5-12-27(34)30-23/h2-13,18,20-21H,14-17,19H2,1H3. The zero-order valence-electron chi connectivity index (χ0n) is 20.7. The van der Waals surface area contributed by atoms with E-state index in [-0.39, 0.29) is 5.91 Å². The van der Waals surface area contributed by atoms with Crippen molar-refractivity contribution in [3.63, 3.8) is 0 Å². The van der Waals surface area contributed by atoms with Gasteiger partial charge in [0.25, 0.3) is 5.91 Å². The summed E-state index contributed by atoms with van der Waals surface area (Å²) in [6, 6.07) is 23.6. The van der Waals surface area contributed by atoms with Crippen molar-refractivity contribution in [1.29, 1.82) is 0 Å². The highest BCUT2D eigenvalue weighted by Gasteiger charge is 2.27. The molecule has 8 heteroatoms. The molecule has 8 nitrogen and oxygen atoms in total. The van der Waals surface area contributed by atoms with Crippen molar-refractivity contribution >= 4 is 11.6 Å². The molecule has 0 bridgehead atoms. The van der Waals surface area contributed by atoms with Gasteiger partial charge >= 0.3 is 0 Å². The van der Waals surface area contributed by atoms with Gasteiger partial charge in [0.05, 0.1) is 24.1 Å². The molecule has 5 aromatic rings. The van der Waals surface area contributed by atoms with Crippen LogP contribution in [-0.2, 0) is 6.54 Å². The quantitative estimate of drug-likeness (QED) is 0.356. The third-order valence-electron chi connectivity index (χ3n) is 6.77. The first-order valence-electron chi connectivity index (χ1n) is 12.4. The first kappa shape index (κ1) is 23.0. The van der Waals surface area contributed by atoms with E-state index in [1.807, 2.05) is 94.5 Å². The average Bonchev–Trinajstić information content (AvgIpc) is 3.58. The second-order valence-electron chi connectivity index (χ2n) is 9.17. The van der Waals surface area contributed by atoms with E-state index in [1.165, 1.54) is 0 Å². The van der Waals surface area contributed by atoms with Crippen molar-refractivity contribution in [2.45, 2.75) is 6.54 Å². The molecule has 3 aromatic heterocycles. The van der Waals surface area contributed by atoms with E-state index in [9.17, 15) is 4.79 Å². The molecular weight excluding hydrogens is 464 g/mol. The molecular formula is C29H28N6O2. The largest absolute Gasteiger partial charge is 0.497 e. The molecule has 2 aromatic carbocycles. The molecule has 6 rings (SSSR count). The van der Waals surface area contributed by atoms with E-state index < -0.39 is 0 Å². The Balaban J connectivity index is 1.22. The second kappa shape index (κ2) is 9.91. The van der Waals surface area contributed by atoms with Crippen LogP contribution in [0.4, 0.5) is 0 Å². The number of nitrogens with zero attached hydrogens (tertiary/aromatic N) is 6. The monoisotopic (exact) mass is 492 g/mol. The smallest absolute Gasteiger partial charge is 0.257 e. The zero-order chi connectivity index (χ0) is 25.2. The van der Waals surface area contributed by atoms with Gasteiger partial charge in [0.2, 0.25) is 0 Å². The normalized spacial score (nSPS) is 14.2. The number of hydrogen-bond acceptors (Lipinski definition) is 5. The number of hydrogen-bond donors (Lipinski definition) is 0. The van der Waals surface area contributed by atoms with Gasteiger partial charge in [-0.25, -0.2) is 9.67 Å². The van der Waals surface area contributed by atoms with E-state index in [2.05, 4.69) is 11.1 Å². The van der Waals surface area contributed by atoms with Crippen LogP contribution in [-0.4, -0.2) is 68.2 Å². The number of fused-ring (bicyclic) bond motifs is 1. The molecule has 0 radical (unpaired) electrons. The number of methoxy groups -OCH3 is 1. The Morgan fingerprint density at radius 1 is 0.919 bits per heavy atom. The molecule has 4 heterocycles. The number of pyridine rings is 1. The molecule has 0 aliphatic carbocycles. The van der Waals surface area contributed by atoms with Crippen LogP contribution in [0.1, 0.15) is 16.1 Å². The molecule has 37 heavy (non-hydrogen) atoms. The Hall–Kier alpha value is -4.43. The highest BCUT2D eigenvalue weighted by atomic mass is 16.5. The lowest BCUT2D eigenvalue weighted by molar-refractivity contribution is 0.0628. The van der Waals surface area contributed by atoms with Crippen LogP contribution in [0.25, 0.3) is 22.6 Å². The van der Waals surface area contributed by atoms with Gasteiger partial charge in [0.1, 0.15) is 17.1 Å². The summed E-state index contributed by atoms with van der Waals surface area (Å²) in [5.74, 6) is 0.720. The third-order valence-corrected chi connectivity index (χ3v) is 6.77. The molecule has 1 fully saturated rings. The maximum atomic E-state index is 13.8. The minimum absolute atomic E-state index is 0.00705. The van der Waals surface area contributed by atoms with Gasteiger partial charge in [-0.2, -0.15) is 5.10 Å². The number of benzene rings is 2. The van der Waals surface area contributed by atoms with Gasteiger partial charge in [0.15, 0.2) is 0 Å². The van der Waals surface area contributed by atoms with Crippen LogP contribution >= 0.6 is 0 Å². The van der Waals surface area contributed by atoms with E-state index in [4.69, 9.17) is 14.8 Å². The predicted molar refractivity (Wildman–Crippen MR) is 142 cm³/mol. The lowest BCUT2D eigenvalue weighted by Crippen LogP contribution is -2.48. The lowest BCUT2D eigenvalue weighted by Gasteiger charge is -2.34. The molecule has 0 saturated carbocycles. The maximum Gasteiger partial charge on any atom is 0.257 e. The van der Waals surface area contributed by atoms with Gasteiger partial charge in [-0.05, 0) is 36.4 Å². The Kier molecular flexibility index (Phi) is 6.16. The zero-order valence-corrected chi connectivity index (χ0v) is 20.7. The lowest BCUT2D eigenvalue weighted by atomic mass is 10.1. The molecule has 0 unspecified atom stereocenters. The number of rotatable bonds is 6. The topological polar surface area (TPSA) is 67.9 Å². The fraction of sp³-hybridized carbons (Fsp3) is 0.207. The summed E-state index contributed by atoms with van der Waals surface area (Å²) in [7, 11) is 1.64. The van der Waals surface area contributed by atoms with E-state index in [0.29, 0.717) is 24.3 Å². The van der Waals surface area contributed by atoms with Gasteiger partial charge in [-0.1, -0.05) is 36.4 Å². The van der Waals surface area contributed by atoms with Crippen molar-refractivity contribution in [2.75, 3.05) is 33.3 Å². The Bertz CT molecular complexity index is 1500. The van der Waals surface area contributed by atoms with Gasteiger partial charge in [-0.15, -0.1) is 0 Å². The van der Waals surface area contributed by atoms with Crippen molar-refractivity contribution in [3.05, 3.63) is 103 Å². The highest BCUT2D eigenvalue weighted by Crippen LogP contribution is 2.28. The first-order chi connectivity index (χ1) is 18.2. The molecule has 1 saturated heterocycles. The van der Waals surface area contributed by atoms with Crippen LogP contribution in [0.5, 0.6) is 5.75 Å². The molecule has 0 atom stereocenters. The van der Waals surface area contributed by atoms with Crippen LogP contribution < -0.4 is 4.74 Å². The Morgan fingerprint density at radius 3 is 2.51 bits per heavy atom. The Morgan fingerprint density at radius 2 is 1.73 bits per heavy atom. The Labute approximate surface area is 215 Å². The third kappa shape index (κ3) is 4.71. The van der Waals surface area contributed by atoms with Crippen molar-refractivity contribution in [2.24, 2.45) is 0 Å². The molecule has 1 aliphatic rings. The number of aromatic nitrogens is 4. The van der Waals surface area contributed by atoms with Gasteiger partial charge in [-0.3, -0.25) is 9.69 Å². The number of carbonyl (C=O) groups is 1. The highest BCUT2D eigenvalue weighted by molar-refractivity contribution is 6.00.